The van der Waals surface area contributed by atoms with Crippen LogP contribution in [0.4, 0.5) is 0 Å². The summed E-state index contributed by atoms with van der Waals surface area (Å²) in [6.45, 7) is 8.89. The fraction of sp³-hybridized carbons (Fsp3) is 0.941. The summed E-state index contributed by atoms with van der Waals surface area (Å²) in [6.07, 6.45) is 7.45. The third kappa shape index (κ3) is 2.98. The maximum Gasteiger partial charge on any atom is 0.241 e. The molecule has 0 aromatic rings. The smallest absolute Gasteiger partial charge is 0.241 e. The first-order chi connectivity index (χ1) is 10.2. The number of likely N-dealkylation sites (tertiary alicyclic amines) is 1. The van der Waals surface area contributed by atoms with Gasteiger partial charge in [0, 0.05) is 25.2 Å². The van der Waals surface area contributed by atoms with Gasteiger partial charge in [0.05, 0.1) is 12.2 Å². The molecule has 4 nitrogen and oxygen atoms in total. The van der Waals surface area contributed by atoms with Crippen LogP contribution in [0.5, 0.6) is 0 Å². The molecule has 4 heteroatoms. The van der Waals surface area contributed by atoms with Crippen molar-refractivity contribution in [3.05, 3.63) is 0 Å². The quantitative estimate of drug-likeness (QED) is 0.815. The van der Waals surface area contributed by atoms with Crippen molar-refractivity contribution in [1.82, 2.24) is 15.1 Å². The molecule has 3 rings (SSSR count). The van der Waals surface area contributed by atoms with E-state index < -0.39 is 0 Å². The lowest BCUT2D eigenvalue weighted by molar-refractivity contribution is -0.133. The third-order valence-electron chi connectivity index (χ3n) is 5.65. The van der Waals surface area contributed by atoms with Crippen molar-refractivity contribution in [2.24, 2.45) is 5.92 Å². The van der Waals surface area contributed by atoms with Crippen LogP contribution in [0.1, 0.15) is 59.3 Å². The summed E-state index contributed by atoms with van der Waals surface area (Å²) in [6, 6.07) is 1.31. The molecule has 1 amide bonds. The number of carbonyl (C=O) groups is 1. The molecule has 120 valence electrons. The minimum atomic E-state index is 0.0431. The Labute approximate surface area is 129 Å². The highest BCUT2D eigenvalue weighted by atomic mass is 16.2. The van der Waals surface area contributed by atoms with Gasteiger partial charge in [0.25, 0.3) is 0 Å². The van der Waals surface area contributed by atoms with Gasteiger partial charge in [0.1, 0.15) is 0 Å². The molecule has 2 saturated heterocycles. The van der Waals surface area contributed by atoms with E-state index in [0.29, 0.717) is 17.9 Å². The zero-order valence-corrected chi connectivity index (χ0v) is 13.8. The lowest BCUT2D eigenvalue weighted by Crippen LogP contribution is -2.46. The molecule has 0 aromatic carbocycles. The number of rotatable bonds is 6. The summed E-state index contributed by atoms with van der Waals surface area (Å²) in [7, 11) is 0. The minimum Gasteiger partial charge on any atom is -0.321 e. The number of nitrogens with zero attached hydrogens (tertiary/aromatic N) is 2. The predicted molar refractivity (Wildman–Crippen MR) is 84.9 cm³/mol. The highest BCUT2D eigenvalue weighted by molar-refractivity contribution is 5.85. The van der Waals surface area contributed by atoms with Crippen molar-refractivity contribution < 1.29 is 4.79 Å². The van der Waals surface area contributed by atoms with Crippen LogP contribution in [0.2, 0.25) is 0 Å². The molecule has 1 N–H and O–H groups in total. The fourth-order valence-electron chi connectivity index (χ4n) is 4.01. The van der Waals surface area contributed by atoms with E-state index in [0.717, 1.165) is 38.3 Å². The van der Waals surface area contributed by atoms with Gasteiger partial charge < -0.3 is 4.90 Å². The van der Waals surface area contributed by atoms with Gasteiger partial charge in [0.15, 0.2) is 0 Å². The fourth-order valence-corrected chi connectivity index (χ4v) is 4.01. The molecule has 1 saturated carbocycles. The van der Waals surface area contributed by atoms with Crippen LogP contribution in [-0.2, 0) is 4.79 Å². The Balaban J connectivity index is 1.69. The first kappa shape index (κ1) is 15.3. The van der Waals surface area contributed by atoms with Crippen molar-refractivity contribution in [2.45, 2.75) is 83.6 Å². The lowest BCUT2D eigenvalue weighted by Gasteiger charge is -2.30. The average molecular weight is 293 g/mol. The molecule has 0 bridgehead atoms. The number of amides is 1. The number of nitrogens with one attached hydrogen (secondary N) is 1. The normalized spacial score (nSPS) is 35.7. The van der Waals surface area contributed by atoms with E-state index in [2.05, 4.69) is 35.9 Å². The average Bonchev–Trinajstić information content (AvgIpc) is 3.13. The minimum absolute atomic E-state index is 0.0431. The zero-order chi connectivity index (χ0) is 15.0. The first-order valence-electron chi connectivity index (χ1n) is 8.98. The van der Waals surface area contributed by atoms with Crippen molar-refractivity contribution in [3.63, 3.8) is 0 Å². The zero-order valence-electron chi connectivity index (χ0n) is 13.8. The van der Waals surface area contributed by atoms with E-state index >= 15 is 0 Å². The monoisotopic (exact) mass is 293 g/mol. The molecular formula is C17H31N3O. The van der Waals surface area contributed by atoms with E-state index in [1.807, 2.05) is 0 Å². The van der Waals surface area contributed by atoms with Gasteiger partial charge in [-0.2, -0.15) is 0 Å². The van der Waals surface area contributed by atoms with Gasteiger partial charge in [-0.15, -0.1) is 0 Å². The lowest BCUT2D eigenvalue weighted by atomic mass is 9.99. The SMILES string of the molecule is CCCC1NC(C(C)CC)C(=O)N1C1CCN(C2CC2)C1. The van der Waals surface area contributed by atoms with Gasteiger partial charge >= 0.3 is 0 Å². The summed E-state index contributed by atoms with van der Waals surface area (Å²) < 4.78 is 0. The first-order valence-corrected chi connectivity index (χ1v) is 8.98. The number of hydrogen-bond donors (Lipinski definition) is 1. The molecule has 0 radical (unpaired) electrons. The van der Waals surface area contributed by atoms with Crippen LogP contribution in [-0.4, -0.2) is 53.1 Å². The van der Waals surface area contributed by atoms with Crippen LogP contribution in [0.15, 0.2) is 0 Å². The van der Waals surface area contributed by atoms with Crippen molar-refractivity contribution in [1.29, 1.82) is 0 Å². The second kappa shape index (κ2) is 6.25. The summed E-state index contributed by atoms with van der Waals surface area (Å²) in [5.74, 6) is 0.799. The molecule has 3 aliphatic rings. The molecule has 2 heterocycles. The topological polar surface area (TPSA) is 35.6 Å². The van der Waals surface area contributed by atoms with Crippen molar-refractivity contribution in [2.75, 3.05) is 13.1 Å². The Kier molecular flexibility index (Phi) is 4.55. The van der Waals surface area contributed by atoms with Crippen LogP contribution in [0, 0.1) is 5.92 Å². The van der Waals surface area contributed by atoms with E-state index in [1.165, 1.54) is 19.4 Å². The molecule has 0 spiro atoms. The Morgan fingerprint density at radius 2 is 2.00 bits per heavy atom. The molecule has 21 heavy (non-hydrogen) atoms. The number of carbonyl (C=O) groups excluding carboxylic acids is 1. The Morgan fingerprint density at radius 1 is 1.24 bits per heavy atom. The predicted octanol–water partition coefficient (Wildman–Crippen LogP) is 2.20. The van der Waals surface area contributed by atoms with Gasteiger partial charge in [-0.1, -0.05) is 33.6 Å². The van der Waals surface area contributed by atoms with E-state index in [4.69, 9.17) is 0 Å². The second-order valence-electron chi connectivity index (χ2n) is 7.25. The standard InChI is InChI=1S/C17H31N3O/c1-4-6-15-18-16(12(3)5-2)17(21)20(15)14-9-10-19(11-14)13-7-8-13/h12-16,18H,4-11H2,1-3H3. The highest BCUT2D eigenvalue weighted by Crippen LogP contribution is 2.33. The second-order valence-corrected chi connectivity index (χ2v) is 7.25. The van der Waals surface area contributed by atoms with Gasteiger partial charge in [0.2, 0.25) is 5.91 Å². The maximum absolute atomic E-state index is 12.9. The number of hydrogen-bond acceptors (Lipinski definition) is 3. The maximum atomic E-state index is 12.9. The Bertz CT molecular complexity index is 382. The summed E-state index contributed by atoms with van der Waals surface area (Å²) in [5.41, 5.74) is 0. The molecular weight excluding hydrogens is 262 g/mol. The van der Waals surface area contributed by atoms with Crippen LogP contribution >= 0.6 is 0 Å². The summed E-state index contributed by atoms with van der Waals surface area (Å²) >= 11 is 0. The van der Waals surface area contributed by atoms with Crippen molar-refractivity contribution in [3.8, 4) is 0 Å². The van der Waals surface area contributed by atoms with Gasteiger partial charge in [-0.25, -0.2) is 0 Å². The molecule has 3 fully saturated rings. The molecule has 0 aromatic heterocycles. The van der Waals surface area contributed by atoms with E-state index in [-0.39, 0.29) is 12.2 Å². The molecule has 4 unspecified atom stereocenters. The van der Waals surface area contributed by atoms with Crippen LogP contribution < -0.4 is 5.32 Å². The molecule has 4 atom stereocenters. The molecule has 2 aliphatic heterocycles. The molecule has 1 aliphatic carbocycles. The van der Waals surface area contributed by atoms with Gasteiger partial charge in [-0.3, -0.25) is 15.0 Å². The summed E-state index contributed by atoms with van der Waals surface area (Å²) in [4.78, 5) is 17.7. The van der Waals surface area contributed by atoms with Gasteiger partial charge in [-0.05, 0) is 31.6 Å². The Hall–Kier alpha value is -0.610. The Morgan fingerprint density at radius 3 is 2.62 bits per heavy atom. The third-order valence-corrected chi connectivity index (χ3v) is 5.65. The summed E-state index contributed by atoms with van der Waals surface area (Å²) in [5, 5.41) is 3.64. The highest BCUT2D eigenvalue weighted by Gasteiger charge is 2.46. The van der Waals surface area contributed by atoms with Crippen LogP contribution in [0.25, 0.3) is 0 Å². The van der Waals surface area contributed by atoms with E-state index in [9.17, 15) is 4.79 Å². The van der Waals surface area contributed by atoms with E-state index in [1.54, 1.807) is 0 Å². The van der Waals surface area contributed by atoms with Crippen LogP contribution in [0.3, 0.4) is 0 Å². The van der Waals surface area contributed by atoms with Crippen molar-refractivity contribution >= 4 is 5.91 Å². The largest absolute Gasteiger partial charge is 0.321 e.